The Labute approximate surface area is 134 Å². The van der Waals surface area contributed by atoms with E-state index in [1.807, 2.05) is 0 Å². The highest BCUT2D eigenvalue weighted by molar-refractivity contribution is 7.21. The van der Waals surface area contributed by atoms with Gasteiger partial charge in [-0.05, 0) is 30.3 Å². The number of pyridine rings is 1. The van der Waals surface area contributed by atoms with Crippen molar-refractivity contribution in [3.05, 3.63) is 58.3 Å². The SMILES string of the molecule is O=C(O)CCc1cccc(-c2nc(=O)c3ccc(F)cc3s2)n1. The molecule has 0 atom stereocenters. The number of carbonyl (C=O) groups is 1. The van der Waals surface area contributed by atoms with Gasteiger partial charge in [0.1, 0.15) is 10.8 Å². The van der Waals surface area contributed by atoms with Crippen molar-refractivity contribution in [3.63, 3.8) is 0 Å². The van der Waals surface area contributed by atoms with Crippen molar-refractivity contribution in [1.29, 1.82) is 0 Å². The summed E-state index contributed by atoms with van der Waals surface area (Å²) in [7, 11) is 0. The third-order valence-corrected chi connectivity index (χ3v) is 4.26. The minimum atomic E-state index is -0.902. The topological polar surface area (TPSA) is 80.1 Å². The maximum atomic E-state index is 13.4. The van der Waals surface area contributed by atoms with E-state index in [1.54, 1.807) is 18.2 Å². The average molecular weight is 330 g/mol. The van der Waals surface area contributed by atoms with Gasteiger partial charge in [-0.1, -0.05) is 6.07 Å². The zero-order valence-electron chi connectivity index (χ0n) is 11.8. The van der Waals surface area contributed by atoms with Crippen LogP contribution in [-0.4, -0.2) is 21.0 Å². The van der Waals surface area contributed by atoms with Crippen LogP contribution in [0.5, 0.6) is 0 Å². The summed E-state index contributed by atoms with van der Waals surface area (Å²) in [5, 5.41) is 9.47. The number of rotatable bonds is 4. The van der Waals surface area contributed by atoms with Crippen molar-refractivity contribution < 1.29 is 14.3 Å². The molecule has 0 saturated heterocycles. The van der Waals surface area contributed by atoms with Gasteiger partial charge in [0.05, 0.1) is 17.5 Å². The van der Waals surface area contributed by atoms with Crippen molar-refractivity contribution in [2.45, 2.75) is 12.8 Å². The predicted molar refractivity (Wildman–Crippen MR) is 85.0 cm³/mol. The fourth-order valence-corrected chi connectivity index (χ4v) is 3.11. The Kier molecular flexibility index (Phi) is 4.12. The molecule has 5 nitrogen and oxygen atoms in total. The number of hydrogen-bond acceptors (Lipinski definition) is 5. The van der Waals surface area contributed by atoms with Crippen LogP contribution < -0.4 is 5.56 Å². The van der Waals surface area contributed by atoms with Crippen molar-refractivity contribution in [1.82, 2.24) is 9.97 Å². The Morgan fingerprint density at radius 1 is 1.22 bits per heavy atom. The molecule has 0 aliphatic carbocycles. The molecule has 1 N–H and O–H groups in total. The Morgan fingerprint density at radius 2 is 2.04 bits per heavy atom. The molecule has 0 spiro atoms. The van der Waals surface area contributed by atoms with E-state index in [0.29, 0.717) is 32.9 Å². The van der Waals surface area contributed by atoms with Crippen LogP contribution in [0.2, 0.25) is 0 Å². The highest BCUT2D eigenvalue weighted by Gasteiger charge is 2.10. The first-order valence-corrected chi connectivity index (χ1v) is 7.63. The van der Waals surface area contributed by atoms with Gasteiger partial charge in [0, 0.05) is 16.8 Å². The predicted octanol–water partition coefficient (Wildman–Crippen LogP) is 2.87. The number of fused-ring (bicyclic) bond motifs is 1. The number of aromatic nitrogens is 2. The summed E-state index contributed by atoms with van der Waals surface area (Å²) in [6.07, 6.45) is 0.267. The van der Waals surface area contributed by atoms with Gasteiger partial charge in [-0.2, -0.15) is 4.98 Å². The van der Waals surface area contributed by atoms with Crippen molar-refractivity contribution in [2.75, 3.05) is 0 Å². The van der Waals surface area contributed by atoms with Crippen LogP contribution in [0.3, 0.4) is 0 Å². The zero-order chi connectivity index (χ0) is 16.4. The van der Waals surface area contributed by atoms with E-state index in [1.165, 1.54) is 29.5 Å². The molecule has 0 aliphatic heterocycles. The molecular weight excluding hydrogens is 319 g/mol. The van der Waals surface area contributed by atoms with E-state index in [2.05, 4.69) is 9.97 Å². The van der Waals surface area contributed by atoms with E-state index in [9.17, 15) is 14.0 Å². The Bertz CT molecular complexity index is 955. The zero-order valence-corrected chi connectivity index (χ0v) is 12.6. The summed E-state index contributed by atoms with van der Waals surface area (Å²) < 4.78 is 13.9. The molecule has 0 unspecified atom stereocenters. The molecule has 0 saturated carbocycles. The first kappa shape index (κ1) is 15.2. The fourth-order valence-electron chi connectivity index (χ4n) is 2.12. The Hall–Kier alpha value is -2.67. The molecule has 0 amide bonds. The van der Waals surface area contributed by atoms with Gasteiger partial charge >= 0.3 is 5.97 Å². The van der Waals surface area contributed by atoms with E-state index in [-0.39, 0.29) is 6.42 Å². The minimum Gasteiger partial charge on any atom is -0.481 e. The second-order valence-corrected chi connectivity index (χ2v) is 5.90. The Balaban J connectivity index is 2.04. The number of aryl methyl sites for hydroxylation is 1. The molecule has 2 heterocycles. The van der Waals surface area contributed by atoms with Crippen LogP contribution in [0.1, 0.15) is 12.1 Å². The van der Waals surface area contributed by atoms with Gasteiger partial charge in [0.25, 0.3) is 5.56 Å². The summed E-state index contributed by atoms with van der Waals surface area (Å²) in [6, 6.07) is 9.07. The number of aliphatic carboxylic acids is 1. The lowest BCUT2D eigenvalue weighted by molar-refractivity contribution is -0.136. The van der Waals surface area contributed by atoms with E-state index in [0.717, 1.165) is 0 Å². The second kappa shape index (κ2) is 6.21. The van der Waals surface area contributed by atoms with Crippen LogP contribution in [0.25, 0.3) is 20.8 Å². The fraction of sp³-hybridized carbons (Fsp3) is 0.125. The highest BCUT2D eigenvalue weighted by atomic mass is 32.1. The van der Waals surface area contributed by atoms with E-state index < -0.39 is 17.3 Å². The number of nitrogens with zero attached hydrogens (tertiary/aromatic N) is 2. The third kappa shape index (κ3) is 3.40. The van der Waals surface area contributed by atoms with Crippen LogP contribution in [0, 0.1) is 5.82 Å². The maximum Gasteiger partial charge on any atom is 0.303 e. The summed E-state index contributed by atoms with van der Waals surface area (Å²) in [4.78, 5) is 31.0. The van der Waals surface area contributed by atoms with Gasteiger partial charge < -0.3 is 5.11 Å². The molecule has 7 heteroatoms. The molecule has 116 valence electrons. The monoisotopic (exact) mass is 330 g/mol. The molecule has 0 aliphatic rings. The van der Waals surface area contributed by atoms with E-state index in [4.69, 9.17) is 5.11 Å². The number of carboxylic acids is 1. The quantitative estimate of drug-likeness (QED) is 0.795. The summed E-state index contributed by atoms with van der Waals surface area (Å²) >= 11 is 1.17. The van der Waals surface area contributed by atoms with Crippen molar-refractivity contribution in [2.24, 2.45) is 0 Å². The average Bonchev–Trinajstić information content (AvgIpc) is 2.52. The molecule has 3 rings (SSSR count). The lowest BCUT2D eigenvalue weighted by atomic mass is 10.2. The molecule has 0 fully saturated rings. The minimum absolute atomic E-state index is 0.0248. The third-order valence-electron chi connectivity index (χ3n) is 3.20. The first-order chi connectivity index (χ1) is 11.0. The summed E-state index contributed by atoms with van der Waals surface area (Å²) in [5.74, 6) is -1.32. The van der Waals surface area contributed by atoms with Gasteiger partial charge in [-0.15, -0.1) is 11.3 Å². The molecular formula is C16H11FN2O3S. The smallest absolute Gasteiger partial charge is 0.303 e. The largest absolute Gasteiger partial charge is 0.481 e. The molecule has 3 aromatic rings. The molecule has 23 heavy (non-hydrogen) atoms. The van der Waals surface area contributed by atoms with E-state index >= 15 is 0 Å². The van der Waals surface area contributed by atoms with Gasteiger partial charge in [-0.25, -0.2) is 4.39 Å². The number of hydrogen-bond donors (Lipinski definition) is 1. The van der Waals surface area contributed by atoms with Gasteiger partial charge in [0.15, 0.2) is 0 Å². The van der Waals surface area contributed by atoms with Crippen LogP contribution in [-0.2, 0) is 11.2 Å². The highest BCUT2D eigenvalue weighted by Crippen LogP contribution is 2.25. The molecule has 1 aromatic carbocycles. The first-order valence-electron chi connectivity index (χ1n) is 6.81. The number of benzene rings is 1. The van der Waals surface area contributed by atoms with Crippen molar-refractivity contribution in [3.8, 4) is 10.7 Å². The molecule has 0 radical (unpaired) electrons. The molecule has 0 bridgehead atoms. The molecule has 2 aromatic heterocycles. The maximum absolute atomic E-state index is 13.4. The van der Waals surface area contributed by atoms with Gasteiger partial charge in [-0.3, -0.25) is 14.6 Å². The van der Waals surface area contributed by atoms with Crippen LogP contribution in [0.15, 0.2) is 41.2 Å². The van der Waals surface area contributed by atoms with Crippen LogP contribution in [0.4, 0.5) is 4.39 Å². The summed E-state index contributed by atoms with van der Waals surface area (Å²) in [6.45, 7) is 0. The Morgan fingerprint density at radius 3 is 2.83 bits per heavy atom. The normalized spacial score (nSPS) is 10.8. The second-order valence-electron chi connectivity index (χ2n) is 4.87. The lowest BCUT2D eigenvalue weighted by Crippen LogP contribution is -2.07. The summed E-state index contributed by atoms with van der Waals surface area (Å²) in [5.41, 5.74) is 0.637. The van der Waals surface area contributed by atoms with Crippen LogP contribution >= 0.6 is 11.3 Å². The number of carboxylic acid groups (broad SMARTS) is 1. The lowest BCUT2D eigenvalue weighted by Gasteiger charge is -2.04. The van der Waals surface area contributed by atoms with Crippen molar-refractivity contribution >= 4 is 27.4 Å². The number of halogens is 1. The van der Waals surface area contributed by atoms with Gasteiger partial charge in [0.2, 0.25) is 0 Å². The standard InChI is InChI=1S/C16H11FN2O3S/c17-9-4-6-11-13(8-9)23-16(19-15(11)22)12-3-1-2-10(18-12)5-7-14(20)21/h1-4,6,8H,5,7H2,(H,20,21).